The van der Waals surface area contributed by atoms with Crippen molar-refractivity contribution in [3.8, 4) is 0 Å². The highest BCUT2D eigenvalue weighted by atomic mass is 28.3. The monoisotopic (exact) mass is 408 g/mol. The molecule has 0 spiro atoms. The van der Waals surface area contributed by atoms with E-state index in [1.165, 1.54) is 5.19 Å². The number of anilines is 1. The van der Waals surface area contributed by atoms with Crippen LogP contribution in [0, 0.1) is 0 Å². The Morgan fingerprint density at radius 1 is 1.00 bits per heavy atom. The molecular formula is C24H32N2O2Si. The molecule has 154 valence electrons. The molecule has 2 aromatic rings. The molecule has 0 fully saturated rings. The van der Waals surface area contributed by atoms with Crippen molar-refractivity contribution in [1.82, 2.24) is 5.01 Å². The molecule has 0 amide bonds. The fourth-order valence-corrected chi connectivity index (χ4v) is 7.86. The minimum atomic E-state index is -2.25. The number of hydrogen-bond acceptors (Lipinski definition) is 4. The Morgan fingerprint density at radius 2 is 1.55 bits per heavy atom. The number of nitrogens with zero attached hydrogens (tertiary/aromatic N) is 2. The summed E-state index contributed by atoms with van der Waals surface area (Å²) < 4.78 is 5.57. The van der Waals surface area contributed by atoms with Crippen molar-refractivity contribution < 1.29 is 9.53 Å². The first-order chi connectivity index (χ1) is 13.8. The molecule has 29 heavy (non-hydrogen) atoms. The molecule has 1 heterocycles. The number of hydrogen-bond donors (Lipinski definition) is 0. The van der Waals surface area contributed by atoms with Gasteiger partial charge in [0.15, 0.2) is 0 Å². The predicted molar refractivity (Wildman–Crippen MR) is 123 cm³/mol. The number of carbonyl (C=O) groups is 1. The van der Waals surface area contributed by atoms with Gasteiger partial charge in [-0.05, 0) is 39.8 Å². The van der Waals surface area contributed by atoms with Gasteiger partial charge in [0.25, 0.3) is 0 Å². The minimum Gasteiger partial charge on any atom is -0.463 e. The van der Waals surface area contributed by atoms with E-state index in [4.69, 9.17) is 4.74 Å². The molecule has 0 bridgehead atoms. The molecule has 0 N–H and O–H groups in total. The summed E-state index contributed by atoms with van der Waals surface area (Å²) in [5, 5.41) is 5.39. The van der Waals surface area contributed by atoms with Crippen LogP contribution in [0.4, 0.5) is 5.69 Å². The van der Waals surface area contributed by atoms with Gasteiger partial charge >= 0.3 is 5.97 Å². The standard InChI is InChI=1S/C24H32N2O2Si/c1-7-25-19(3)22(23(27)28-8-2)24(4,26(25)20-15-11-9-12-16-20)29(5,6)21-17-13-10-14-18-21/h9-18H,7-8H2,1-6H3. The van der Waals surface area contributed by atoms with Crippen molar-refractivity contribution in [2.45, 2.75) is 46.0 Å². The summed E-state index contributed by atoms with van der Waals surface area (Å²) in [6.45, 7) is 14.1. The third-order valence-corrected chi connectivity index (χ3v) is 11.1. The van der Waals surface area contributed by atoms with Crippen molar-refractivity contribution in [2.24, 2.45) is 0 Å². The highest BCUT2D eigenvalue weighted by molar-refractivity contribution is 6.93. The summed E-state index contributed by atoms with van der Waals surface area (Å²) in [5.41, 5.74) is 2.85. The number of allylic oxidation sites excluding steroid dienone is 1. The van der Waals surface area contributed by atoms with Crippen LogP contribution in [0.5, 0.6) is 0 Å². The molecule has 1 aliphatic rings. The molecule has 4 nitrogen and oxygen atoms in total. The molecule has 0 saturated carbocycles. The van der Waals surface area contributed by atoms with Gasteiger partial charge in [-0.2, -0.15) is 0 Å². The number of ether oxygens (including phenoxy) is 1. The molecule has 2 aromatic carbocycles. The van der Waals surface area contributed by atoms with E-state index in [1.54, 1.807) is 0 Å². The van der Waals surface area contributed by atoms with Crippen molar-refractivity contribution in [3.05, 3.63) is 71.9 Å². The van der Waals surface area contributed by atoms with E-state index >= 15 is 0 Å². The number of para-hydroxylation sites is 1. The zero-order chi connectivity index (χ0) is 21.2. The molecule has 0 radical (unpaired) electrons. The Hall–Kier alpha value is -2.53. The van der Waals surface area contributed by atoms with Crippen LogP contribution in [0.2, 0.25) is 13.1 Å². The lowest BCUT2D eigenvalue weighted by atomic mass is 10.1. The van der Waals surface area contributed by atoms with Crippen LogP contribution in [0.25, 0.3) is 0 Å². The van der Waals surface area contributed by atoms with E-state index in [-0.39, 0.29) is 5.97 Å². The number of hydrazine groups is 1. The fourth-order valence-electron chi connectivity index (χ4n) is 4.59. The second kappa shape index (κ2) is 8.07. The van der Waals surface area contributed by atoms with Crippen LogP contribution >= 0.6 is 0 Å². The average Bonchev–Trinajstić information content (AvgIpc) is 2.97. The molecule has 1 atom stereocenters. The van der Waals surface area contributed by atoms with Crippen LogP contribution in [0.1, 0.15) is 27.7 Å². The predicted octanol–water partition coefficient (Wildman–Crippen LogP) is 4.49. The minimum absolute atomic E-state index is 0.208. The molecular weight excluding hydrogens is 376 g/mol. The Morgan fingerprint density at radius 3 is 2.07 bits per heavy atom. The molecule has 0 saturated heterocycles. The second-order valence-electron chi connectivity index (χ2n) is 8.11. The zero-order valence-electron chi connectivity index (χ0n) is 18.4. The Bertz CT molecular complexity index is 896. The first-order valence-corrected chi connectivity index (χ1v) is 13.4. The number of carbonyl (C=O) groups excluding carboxylic acids is 1. The molecule has 0 aliphatic carbocycles. The highest BCUT2D eigenvalue weighted by Gasteiger charge is 2.59. The van der Waals surface area contributed by atoms with Gasteiger partial charge < -0.3 is 4.74 Å². The number of benzene rings is 2. The molecule has 5 heteroatoms. The maximum Gasteiger partial charge on any atom is 0.337 e. The quantitative estimate of drug-likeness (QED) is 0.521. The van der Waals surface area contributed by atoms with E-state index in [0.717, 1.165) is 23.5 Å². The summed E-state index contributed by atoms with van der Waals surface area (Å²) in [5.74, 6) is -0.208. The van der Waals surface area contributed by atoms with Crippen LogP contribution in [-0.2, 0) is 9.53 Å². The highest BCUT2D eigenvalue weighted by Crippen LogP contribution is 2.46. The van der Waals surface area contributed by atoms with Gasteiger partial charge in [-0.15, -0.1) is 0 Å². The maximum atomic E-state index is 13.3. The van der Waals surface area contributed by atoms with Gasteiger partial charge in [-0.3, -0.25) is 10.0 Å². The Kier molecular flexibility index (Phi) is 5.89. The van der Waals surface area contributed by atoms with Gasteiger partial charge in [0.2, 0.25) is 0 Å². The van der Waals surface area contributed by atoms with E-state index in [0.29, 0.717) is 6.61 Å². The SMILES string of the molecule is CCOC(=O)C1=C(C)N(CC)N(c2ccccc2)C1(C)[Si](C)(C)c1ccccc1. The molecule has 0 aromatic heterocycles. The molecule has 3 rings (SSSR count). The fraction of sp³-hybridized carbons (Fsp3) is 0.375. The smallest absolute Gasteiger partial charge is 0.337 e. The summed E-state index contributed by atoms with van der Waals surface area (Å²) in [4.78, 5) is 13.3. The van der Waals surface area contributed by atoms with Gasteiger partial charge in [0.05, 0.1) is 23.0 Å². The first kappa shape index (κ1) is 21.2. The van der Waals surface area contributed by atoms with Gasteiger partial charge in [0.1, 0.15) is 8.07 Å². The lowest BCUT2D eigenvalue weighted by molar-refractivity contribution is -0.138. The molecule has 1 aliphatic heterocycles. The summed E-state index contributed by atoms with van der Waals surface area (Å²) in [7, 11) is -2.25. The Balaban J connectivity index is 2.29. The van der Waals surface area contributed by atoms with E-state index in [2.05, 4.69) is 85.5 Å². The van der Waals surface area contributed by atoms with Crippen molar-refractivity contribution in [1.29, 1.82) is 0 Å². The van der Waals surface area contributed by atoms with E-state index in [1.807, 2.05) is 26.0 Å². The van der Waals surface area contributed by atoms with Crippen LogP contribution in [0.3, 0.4) is 0 Å². The van der Waals surface area contributed by atoms with Crippen LogP contribution in [0.15, 0.2) is 71.9 Å². The summed E-state index contributed by atoms with van der Waals surface area (Å²) in [6, 6.07) is 21.0. The van der Waals surface area contributed by atoms with E-state index < -0.39 is 13.2 Å². The van der Waals surface area contributed by atoms with Gasteiger partial charge in [-0.25, -0.2) is 4.79 Å². The van der Waals surface area contributed by atoms with Crippen molar-refractivity contribution >= 4 is 24.9 Å². The zero-order valence-corrected chi connectivity index (χ0v) is 19.4. The van der Waals surface area contributed by atoms with Gasteiger partial charge in [0, 0.05) is 12.2 Å². The molecule has 1 unspecified atom stereocenters. The van der Waals surface area contributed by atoms with Crippen LogP contribution < -0.4 is 10.2 Å². The van der Waals surface area contributed by atoms with Gasteiger partial charge in [-0.1, -0.05) is 66.8 Å². The second-order valence-corrected chi connectivity index (χ2v) is 12.9. The summed E-state index contributed by atoms with van der Waals surface area (Å²) >= 11 is 0. The lowest BCUT2D eigenvalue weighted by Crippen LogP contribution is -2.70. The third kappa shape index (κ3) is 3.27. The van der Waals surface area contributed by atoms with Crippen molar-refractivity contribution in [3.63, 3.8) is 0 Å². The van der Waals surface area contributed by atoms with E-state index in [9.17, 15) is 4.79 Å². The largest absolute Gasteiger partial charge is 0.463 e. The van der Waals surface area contributed by atoms with Crippen molar-refractivity contribution in [2.75, 3.05) is 18.2 Å². The lowest BCUT2D eigenvalue weighted by Gasteiger charge is -2.50. The number of rotatable bonds is 6. The first-order valence-electron chi connectivity index (χ1n) is 10.4. The summed E-state index contributed by atoms with van der Waals surface area (Å²) in [6.07, 6.45) is 0. The van der Waals surface area contributed by atoms with Crippen LogP contribution in [-0.4, -0.2) is 37.4 Å². The number of esters is 1. The topological polar surface area (TPSA) is 32.8 Å². The Labute approximate surface area is 175 Å². The third-order valence-electron chi connectivity index (χ3n) is 6.39. The normalized spacial score (nSPS) is 19.7. The maximum absolute atomic E-state index is 13.3. The average molecular weight is 409 g/mol.